The fraction of sp³-hybridized carbons (Fsp3) is 0.933. The van der Waals surface area contributed by atoms with Crippen LogP contribution in [0.5, 0.6) is 0 Å². The maximum Gasteiger partial charge on any atom is 0.241 e. The average Bonchev–Trinajstić information content (AvgIpc) is 2.62. The van der Waals surface area contributed by atoms with E-state index in [0.717, 1.165) is 25.9 Å². The van der Waals surface area contributed by atoms with E-state index >= 15 is 0 Å². The first-order chi connectivity index (χ1) is 8.85. The molecular formula is C15H28N2O2. The Morgan fingerprint density at radius 1 is 1.53 bits per heavy atom. The van der Waals surface area contributed by atoms with Crippen LogP contribution in [0.1, 0.15) is 53.9 Å². The lowest BCUT2D eigenvalue weighted by atomic mass is 9.92. The summed E-state index contributed by atoms with van der Waals surface area (Å²) < 4.78 is 5.76. The van der Waals surface area contributed by atoms with Crippen molar-refractivity contribution in [2.45, 2.75) is 77.7 Å². The maximum atomic E-state index is 12.6. The highest BCUT2D eigenvalue weighted by Gasteiger charge is 2.44. The number of hydrogen-bond donors (Lipinski definition) is 1. The molecule has 2 heterocycles. The lowest BCUT2D eigenvalue weighted by Crippen LogP contribution is -2.50. The van der Waals surface area contributed by atoms with Crippen LogP contribution in [0.15, 0.2) is 0 Å². The number of carbonyl (C=O) groups excluding carboxylic acids is 1. The number of nitrogens with one attached hydrogen (secondary N) is 1. The van der Waals surface area contributed by atoms with Crippen LogP contribution in [-0.2, 0) is 9.53 Å². The minimum absolute atomic E-state index is 0.00837. The first-order valence-corrected chi connectivity index (χ1v) is 7.58. The molecule has 2 saturated heterocycles. The van der Waals surface area contributed by atoms with Gasteiger partial charge in [0.2, 0.25) is 5.91 Å². The second kappa shape index (κ2) is 5.41. The number of hydrogen-bond acceptors (Lipinski definition) is 3. The van der Waals surface area contributed by atoms with Gasteiger partial charge in [0, 0.05) is 12.6 Å². The van der Waals surface area contributed by atoms with Crippen LogP contribution in [0.3, 0.4) is 0 Å². The number of ether oxygens (including phenoxy) is 1. The zero-order valence-electron chi connectivity index (χ0n) is 12.9. The fourth-order valence-corrected chi connectivity index (χ4v) is 3.34. The normalized spacial score (nSPS) is 36.6. The number of amides is 1. The van der Waals surface area contributed by atoms with Gasteiger partial charge in [-0.2, -0.15) is 0 Å². The molecule has 0 aromatic heterocycles. The Morgan fingerprint density at radius 3 is 2.79 bits per heavy atom. The third kappa shape index (κ3) is 2.95. The molecule has 19 heavy (non-hydrogen) atoms. The second-order valence-corrected chi connectivity index (χ2v) is 6.71. The molecule has 4 nitrogen and oxygen atoms in total. The Kier molecular flexibility index (Phi) is 4.21. The standard InChI is InChI=1S/C15H28N2O2/c1-6-10(2)13-14(18)17(11(3)16-13)12-7-8-19-15(4,5)9-12/h10-13,16H,6-9H2,1-5H3. The molecule has 0 aromatic carbocycles. The molecule has 0 bridgehead atoms. The molecule has 2 aliphatic heterocycles. The summed E-state index contributed by atoms with van der Waals surface area (Å²) in [6.45, 7) is 11.4. The Morgan fingerprint density at radius 2 is 2.21 bits per heavy atom. The zero-order valence-corrected chi connectivity index (χ0v) is 12.9. The van der Waals surface area contributed by atoms with Gasteiger partial charge in [0.1, 0.15) is 0 Å². The van der Waals surface area contributed by atoms with Crippen molar-refractivity contribution in [3.63, 3.8) is 0 Å². The zero-order chi connectivity index (χ0) is 14.2. The van der Waals surface area contributed by atoms with Crippen molar-refractivity contribution in [3.8, 4) is 0 Å². The predicted octanol–water partition coefficient (Wildman–Crippen LogP) is 2.14. The smallest absolute Gasteiger partial charge is 0.241 e. The molecule has 2 rings (SSSR count). The highest BCUT2D eigenvalue weighted by molar-refractivity contribution is 5.85. The van der Waals surface area contributed by atoms with Gasteiger partial charge < -0.3 is 9.64 Å². The molecule has 110 valence electrons. The minimum atomic E-state index is -0.114. The Balaban J connectivity index is 2.10. The number of carbonyl (C=O) groups is 1. The van der Waals surface area contributed by atoms with Crippen LogP contribution in [-0.4, -0.2) is 41.3 Å². The molecule has 4 atom stereocenters. The lowest BCUT2D eigenvalue weighted by molar-refractivity contribution is -0.139. The molecule has 4 unspecified atom stereocenters. The quantitative estimate of drug-likeness (QED) is 0.852. The summed E-state index contributed by atoms with van der Waals surface area (Å²) >= 11 is 0. The Bertz CT molecular complexity index is 343. The van der Waals surface area contributed by atoms with Gasteiger partial charge in [-0.05, 0) is 39.5 Å². The molecule has 2 aliphatic rings. The molecule has 4 heteroatoms. The molecule has 0 radical (unpaired) electrons. The summed E-state index contributed by atoms with van der Waals surface area (Å²) in [4.78, 5) is 14.7. The average molecular weight is 268 g/mol. The van der Waals surface area contributed by atoms with Crippen LogP contribution in [0, 0.1) is 5.92 Å². The van der Waals surface area contributed by atoms with Crippen LogP contribution < -0.4 is 5.32 Å². The predicted molar refractivity (Wildman–Crippen MR) is 75.7 cm³/mol. The molecule has 0 saturated carbocycles. The summed E-state index contributed by atoms with van der Waals surface area (Å²) in [5, 5.41) is 3.46. The van der Waals surface area contributed by atoms with Crippen molar-refractivity contribution < 1.29 is 9.53 Å². The van der Waals surface area contributed by atoms with Crippen molar-refractivity contribution in [2.75, 3.05) is 6.61 Å². The van der Waals surface area contributed by atoms with Gasteiger partial charge in [0.25, 0.3) is 0 Å². The van der Waals surface area contributed by atoms with Crippen LogP contribution in [0.4, 0.5) is 0 Å². The van der Waals surface area contributed by atoms with Crippen LogP contribution >= 0.6 is 0 Å². The number of rotatable bonds is 3. The van der Waals surface area contributed by atoms with E-state index in [1.807, 2.05) is 0 Å². The summed E-state index contributed by atoms with van der Waals surface area (Å²) in [7, 11) is 0. The van der Waals surface area contributed by atoms with Gasteiger partial charge in [0.05, 0.1) is 17.8 Å². The van der Waals surface area contributed by atoms with Crippen LogP contribution in [0.2, 0.25) is 0 Å². The van der Waals surface area contributed by atoms with Gasteiger partial charge in [0.15, 0.2) is 0 Å². The van der Waals surface area contributed by atoms with Gasteiger partial charge in [-0.1, -0.05) is 20.3 Å². The largest absolute Gasteiger partial charge is 0.375 e. The lowest BCUT2D eigenvalue weighted by Gasteiger charge is -2.41. The highest BCUT2D eigenvalue weighted by atomic mass is 16.5. The highest BCUT2D eigenvalue weighted by Crippen LogP contribution is 2.31. The van der Waals surface area contributed by atoms with E-state index in [0.29, 0.717) is 12.0 Å². The van der Waals surface area contributed by atoms with Crippen molar-refractivity contribution in [3.05, 3.63) is 0 Å². The van der Waals surface area contributed by atoms with E-state index in [9.17, 15) is 4.79 Å². The number of nitrogens with zero attached hydrogens (tertiary/aromatic N) is 1. The molecular weight excluding hydrogens is 240 g/mol. The van der Waals surface area contributed by atoms with Crippen LogP contribution in [0.25, 0.3) is 0 Å². The minimum Gasteiger partial charge on any atom is -0.375 e. The van der Waals surface area contributed by atoms with Gasteiger partial charge >= 0.3 is 0 Å². The third-order valence-electron chi connectivity index (χ3n) is 4.64. The topological polar surface area (TPSA) is 41.6 Å². The van der Waals surface area contributed by atoms with Crippen molar-refractivity contribution in [1.29, 1.82) is 0 Å². The maximum absolute atomic E-state index is 12.6. The van der Waals surface area contributed by atoms with Gasteiger partial charge in [-0.3, -0.25) is 10.1 Å². The SMILES string of the molecule is CCC(C)C1NC(C)N(C2CCOC(C)(C)C2)C1=O. The van der Waals surface area contributed by atoms with E-state index < -0.39 is 0 Å². The molecule has 2 fully saturated rings. The molecule has 0 spiro atoms. The Hall–Kier alpha value is -0.610. The van der Waals surface area contributed by atoms with E-state index in [2.05, 4.69) is 44.8 Å². The molecule has 0 aromatic rings. The van der Waals surface area contributed by atoms with Gasteiger partial charge in [-0.15, -0.1) is 0 Å². The molecule has 1 amide bonds. The van der Waals surface area contributed by atoms with E-state index in [1.54, 1.807) is 0 Å². The molecule has 0 aliphatic carbocycles. The fourth-order valence-electron chi connectivity index (χ4n) is 3.34. The third-order valence-corrected chi connectivity index (χ3v) is 4.64. The van der Waals surface area contributed by atoms with Crippen molar-refractivity contribution in [2.24, 2.45) is 5.92 Å². The van der Waals surface area contributed by atoms with E-state index in [1.165, 1.54) is 0 Å². The first kappa shape index (κ1) is 14.8. The summed E-state index contributed by atoms with van der Waals surface area (Å²) in [5.74, 6) is 0.678. The van der Waals surface area contributed by atoms with E-state index in [4.69, 9.17) is 4.74 Å². The monoisotopic (exact) mass is 268 g/mol. The van der Waals surface area contributed by atoms with E-state index in [-0.39, 0.29) is 23.7 Å². The Labute approximate surface area is 116 Å². The first-order valence-electron chi connectivity index (χ1n) is 7.58. The summed E-state index contributed by atoms with van der Waals surface area (Å²) in [5.41, 5.74) is -0.114. The summed E-state index contributed by atoms with van der Waals surface area (Å²) in [6, 6.07) is 0.304. The van der Waals surface area contributed by atoms with Crippen molar-refractivity contribution >= 4 is 5.91 Å². The van der Waals surface area contributed by atoms with Gasteiger partial charge in [-0.25, -0.2) is 0 Å². The second-order valence-electron chi connectivity index (χ2n) is 6.71. The molecule has 1 N–H and O–H groups in total. The summed E-state index contributed by atoms with van der Waals surface area (Å²) in [6.07, 6.45) is 3.06. The van der Waals surface area contributed by atoms with Crippen molar-refractivity contribution in [1.82, 2.24) is 10.2 Å².